The average Bonchev–Trinajstić information content (AvgIpc) is 3.27. The standard InChI is InChI=1S/C25H28N4S2/c1-16(2)13-17-9-10-18(14-19(17)15-26)24-28-29-25(31-24)22-7-3-6-21-20(22)5-4-8-23(21)27-11-12-30/h3,6-7,9-10,14,16,23,27,30H,4-5,8,11-13H2,1-2H3. The molecule has 0 spiro atoms. The zero-order valence-corrected chi connectivity index (χ0v) is 19.8. The number of thiol groups is 1. The molecule has 1 aromatic heterocycles. The fourth-order valence-electron chi connectivity index (χ4n) is 4.38. The molecule has 0 bridgehead atoms. The van der Waals surface area contributed by atoms with Crippen molar-refractivity contribution in [1.82, 2.24) is 15.5 Å². The van der Waals surface area contributed by atoms with Crippen LogP contribution in [0.5, 0.6) is 0 Å². The van der Waals surface area contributed by atoms with E-state index in [1.54, 1.807) is 11.3 Å². The average molecular weight is 449 g/mol. The minimum atomic E-state index is 0.384. The summed E-state index contributed by atoms with van der Waals surface area (Å²) in [6.45, 7) is 5.25. The van der Waals surface area contributed by atoms with Gasteiger partial charge in [-0.15, -0.1) is 10.2 Å². The number of nitriles is 1. The summed E-state index contributed by atoms with van der Waals surface area (Å²) in [7, 11) is 0. The van der Waals surface area contributed by atoms with E-state index in [-0.39, 0.29) is 0 Å². The van der Waals surface area contributed by atoms with Crippen molar-refractivity contribution in [2.45, 2.75) is 45.6 Å². The van der Waals surface area contributed by atoms with E-state index in [4.69, 9.17) is 0 Å². The van der Waals surface area contributed by atoms with Crippen LogP contribution in [-0.4, -0.2) is 22.5 Å². The molecule has 0 radical (unpaired) electrons. The molecule has 1 N–H and O–H groups in total. The number of rotatable bonds is 7. The first-order valence-corrected chi connectivity index (χ1v) is 12.4. The van der Waals surface area contributed by atoms with Gasteiger partial charge in [0, 0.05) is 29.5 Å². The first-order chi connectivity index (χ1) is 15.1. The molecule has 0 fully saturated rings. The normalized spacial score (nSPS) is 15.6. The molecule has 1 atom stereocenters. The van der Waals surface area contributed by atoms with Crippen molar-refractivity contribution >= 4 is 24.0 Å². The second kappa shape index (κ2) is 9.95. The smallest absolute Gasteiger partial charge is 0.148 e. The van der Waals surface area contributed by atoms with Gasteiger partial charge in [-0.2, -0.15) is 17.9 Å². The Bertz CT molecular complexity index is 1100. The molecule has 3 aromatic rings. The van der Waals surface area contributed by atoms with Gasteiger partial charge in [0.2, 0.25) is 0 Å². The lowest BCUT2D eigenvalue weighted by molar-refractivity contribution is 0.474. The van der Waals surface area contributed by atoms with Crippen LogP contribution in [0.2, 0.25) is 0 Å². The van der Waals surface area contributed by atoms with E-state index in [0.29, 0.717) is 12.0 Å². The van der Waals surface area contributed by atoms with Gasteiger partial charge in [0.1, 0.15) is 10.0 Å². The van der Waals surface area contributed by atoms with Crippen LogP contribution >= 0.6 is 24.0 Å². The largest absolute Gasteiger partial charge is 0.309 e. The Morgan fingerprint density at radius 3 is 2.84 bits per heavy atom. The number of nitrogens with one attached hydrogen (secondary N) is 1. The Kier molecular flexibility index (Phi) is 7.06. The molecule has 0 amide bonds. The Hall–Kier alpha value is -2.20. The van der Waals surface area contributed by atoms with E-state index >= 15 is 0 Å². The van der Waals surface area contributed by atoms with E-state index in [2.05, 4.69) is 78.4 Å². The predicted molar refractivity (Wildman–Crippen MR) is 132 cm³/mol. The summed E-state index contributed by atoms with van der Waals surface area (Å²) in [5, 5.41) is 24.1. The highest BCUT2D eigenvalue weighted by molar-refractivity contribution is 7.80. The number of hydrogen-bond donors (Lipinski definition) is 2. The molecule has 4 rings (SSSR count). The molecule has 1 unspecified atom stereocenters. The molecular formula is C25H28N4S2. The lowest BCUT2D eigenvalue weighted by atomic mass is 9.85. The van der Waals surface area contributed by atoms with Gasteiger partial charge in [-0.3, -0.25) is 0 Å². The van der Waals surface area contributed by atoms with Gasteiger partial charge < -0.3 is 5.32 Å². The van der Waals surface area contributed by atoms with Crippen LogP contribution in [-0.2, 0) is 12.8 Å². The second-order valence-corrected chi connectivity index (χ2v) is 9.91. The summed E-state index contributed by atoms with van der Waals surface area (Å²) in [4.78, 5) is 0. The number of aromatic nitrogens is 2. The summed E-state index contributed by atoms with van der Waals surface area (Å²) in [5.41, 5.74) is 6.76. The predicted octanol–water partition coefficient (Wildman–Crippen LogP) is 5.84. The minimum Gasteiger partial charge on any atom is -0.309 e. The van der Waals surface area contributed by atoms with Crippen LogP contribution in [0, 0.1) is 17.2 Å². The van der Waals surface area contributed by atoms with Crippen LogP contribution in [0.1, 0.15) is 55.0 Å². The maximum Gasteiger partial charge on any atom is 0.148 e. The highest BCUT2D eigenvalue weighted by Crippen LogP contribution is 2.38. The van der Waals surface area contributed by atoms with Crippen LogP contribution < -0.4 is 5.32 Å². The fourth-order valence-corrected chi connectivity index (χ4v) is 5.40. The molecule has 0 saturated carbocycles. The summed E-state index contributed by atoms with van der Waals surface area (Å²) < 4.78 is 0. The van der Waals surface area contributed by atoms with Gasteiger partial charge in [0.15, 0.2) is 0 Å². The Morgan fingerprint density at radius 1 is 1.23 bits per heavy atom. The minimum absolute atomic E-state index is 0.384. The molecule has 31 heavy (non-hydrogen) atoms. The van der Waals surface area contributed by atoms with Gasteiger partial charge in [0.25, 0.3) is 0 Å². The third-order valence-corrected chi connectivity index (χ3v) is 7.00. The maximum absolute atomic E-state index is 9.61. The monoisotopic (exact) mass is 448 g/mol. The van der Waals surface area contributed by atoms with Gasteiger partial charge in [-0.05, 0) is 54.4 Å². The Labute approximate surface area is 194 Å². The third-order valence-electron chi connectivity index (χ3n) is 5.77. The van der Waals surface area contributed by atoms with E-state index in [9.17, 15) is 5.26 Å². The van der Waals surface area contributed by atoms with E-state index in [0.717, 1.165) is 58.3 Å². The number of hydrogen-bond acceptors (Lipinski definition) is 6. The van der Waals surface area contributed by atoms with Gasteiger partial charge in [-0.1, -0.05) is 55.5 Å². The number of benzene rings is 2. The molecule has 2 aromatic carbocycles. The lowest BCUT2D eigenvalue weighted by Crippen LogP contribution is -2.27. The molecule has 1 aliphatic rings. The Balaban J connectivity index is 1.65. The van der Waals surface area contributed by atoms with Crippen molar-refractivity contribution in [3.63, 3.8) is 0 Å². The Morgan fingerprint density at radius 2 is 2.06 bits per heavy atom. The van der Waals surface area contributed by atoms with E-state index in [1.165, 1.54) is 23.1 Å². The summed E-state index contributed by atoms with van der Waals surface area (Å²) in [6.07, 6.45) is 4.30. The van der Waals surface area contributed by atoms with Crippen LogP contribution in [0.4, 0.5) is 0 Å². The highest BCUT2D eigenvalue weighted by Gasteiger charge is 2.23. The third kappa shape index (κ3) is 4.85. The van der Waals surface area contributed by atoms with Crippen molar-refractivity contribution in [2.75, 3.05) is 12.3 Å². The lowest BCUT2D eigenvalue weighted by Gasteiger charge is -2.27. The van der Waals surface area contributed by atoms with Gasteiger partial charge in [-0.25, -0.2) is 0 Å². The molecular weight excluding hydrogens is 420 g/mol. The zero-order valence-electron chi connectivity index (χ0n) is 18.1. The molecule has 1 aliphatic carbocycles. The first-order valence-electron chi connectivity index (χ1n) is 10.9. The first kappa shape index (κ1) is 22.0. The van der Waals surface area contributed by atoms with Crippen LogP contribution in [0.25, 0.3) is 21.1 Å². The molecule has 1 heterocycles. The SMILES string of the molecule is CC(C)Cc1ccc(-c2nnc(-c3cccc4c3CCCC4NCCS)s2)cc1C#N. The fraction of sp³-hybridized carbons (Fsp3) is 0.400. The molecule has 6 heteroatoms. The van der Waals surface area contributed by atoms with Gasteiger partial charge in [0.05, 0.1) is 11.6 Å². The van der Waals surface area contributed by atoms with Gasteiger partial charge >= 0.3 is 0 Å². The zero-order chi connectivity index (χ0) is 21.8. The maximum atomic E-state index is 9.61. The van der Waals surface area contributed by atoms with Crippen LogP contribution in [0.15, 0.2) is 36.4 Å². The topological polar surface area (TPSA) is 61.6 Å². The highest BCUT2D eigenvalue weighted by atomic mass is 32.1. The quantitative estimate of drug-likeness (QED) is 0.446. The second-order valence-electron chi connectivity index (χ2n) is 8.49. The van der Waals surface area contributed by atoms with Crippen molar-refractivity contribution in [3.05, 3.63) is 58.7 Å². The molecule has 4 nitrogen and oxygen atoms in total. The summed E-state index contributed by atoms with van der Waals surface area (Å²) in [5.74, 6) is 1.35. The van der Waals surface area contributed by atoms with E-state index < -0.39 is 0 Å². The summed E-state index contributed by atoms with van der Waals surface area (Å²) in [6, 6.07) is 15.4. The molecule has 160 valence electrons. The van der Waals surface area contributed by atoms with Crippen LogP contribution in [0.3, 0.4) is 0 Å². The van der Waals surface area contributed by atoms with E-state index in [1.807, 2.05) is 6.07 Å². The number of fused-ring (bicyclic) bond motifs is 1. The summed E-state index contributed by atoms with van der Waals surface area (Å²) >= 11 is 5.95. The molecule has 0 aliphatic heterocycles. The van der Waals surface area contributed by atoms with Crippen molar-refractivity contribution < 1.29 is 0 Å². The van der Waals surface area contributed by atoms with Crippen molar-refractivity contribution in [3.8, 4) is 27.2 Å². The van der Waals surface area contributed by atoms with Crippen molar-refractivity contribution in [1.29, 1.82) is 5.26 Å². The molecule has 0 saturated heterocycles. The van der Waals surface area contributed by atoms with Crippen molar-refractivity contribution in [2.24, 2.45) is 5.92 Å². The number of nitrogens with zero attached hydrogens (tertiary/aromatic N) is 3.